The van der Waals surface area contributed by atoms with Crippen molar-refractivity contribution in [3.05, 3.63) is 53.7 Å². The van der Waals surface area contributed by atoms with Crippen LogP contribution in [-0.4, -0.2) is 82.3 Å². The lowest BCUT2D eigenvalue weighted by Gasteiger charge is -2.34. The zero-order valence-corrected chi connectivity index (χ0v) is 24.9. The van der Waals surface area contributed by atoms with Crippen LogP contribution in [0.25, 0.3) is 11.3 Å². The lowest BCUT2D eigenvalue weighted by molar-refractivity contribution is -0.135. The first-order valence-corrected chi connectivity index (χ1v) is 15.3. The van der Waals surface area contributed by atoms with Crippen LogP contribution in [0, 0.1) is 0 Å². The fraction of sp³-hybridized carbons (Fsp3) is 0.500. The molecular weight excluding hydrogens is 548 g/mol. The summed E-state index contributed by atoms with van der Waals surface area (Å²) in [5.74, 6) is 0.395. The van der Waals surface area contributed by atoms with Gasteiger partial charge in [0.05, 0.1) is 25.8 Å². The highest BCUT2D eigenvalue weighted by atomic mass is 16.5. The Hall–Kier alpha value is -3.96. The molecule has 1 fully saturated rings. The van der Waals surface area contributed by atoms with Crippen LogP contribution >= 0.6 is 0 Å². The van der Waals surface area contributed by atoms with Crippen LogP contribution in [0.4, 0.5) is 5.69 Å². The maximum atomic E-state index is 13.3. The summed E-state index contributed by atoms with van der Waals surface area (Å²) in [4.78, 5) is 27.0. The number of hydrogen-bond donors (Lipinski definition) is 3. The van der Waals surface area contributed by atoms with Crippen LogP contribution in [0.15, 0.2) is 42.6 Å². The molecule has 2 heterocycles. The Balaban J connectivity index is 1.05. The van der Waals surface area contributed by atoms with Crippen molar-refractivity contribution in [3.63, 3.8) is 0 Å². The molecule has 1 saturated carbocycles. The molecule has 3 aromatic rings. The van der Waals surface area contributed by atoms with E-state index in [9.17, 15) is 14.7 Å². The molecule has 0 radical (unpaired) electrons. The molecule has 230 valence electrons. The van der Waals surface area contributed by atoms with E-state index >= 15 is 0 Å². The summed E-state index contributed by atoms with van der Waals surface area (Å²) in [6.45, 7) is 2.92. The maximum Gasteiger partial charge on any atom is 0.262 e. The number of rotatable bonds is 14. The van der Waals surface area contributed by atoms with E-state index in [1.54, 1.807) is 10.7 Å². The topological polar surface area (TPSA) is 131 Å². The van der Waals surface area contributed by atoms with Gasteiger partial charge in [-0.1, -0.05) is 48.7 Å². The van der Waals surface area contributed by atoms with Gasteiger partial charge in [0.1, 0.15) is 17.1 Å². The van der Waals surface area contributed by atoms with Gasteiger partial charge in [-0.3, -0.25) is 14.3 Å². The van der Waals surface area contributed by atoms with Crippen molar-refractivity contribution >= 4 is 17.5 Å². The van der Waals surface area contributed by atoms with Gasteiger partial charge < -0.3 is 30.1 Å². The minimum absolute atomic E-state index is 0.00189. The molecule has 0 bridgehead atoms. The number of aromatic nitrogens is 3. The average molecular weight is 591 g/mol. The molecular formula is C32H42N6O5. The van der Waals surface area contributed by atoms with Crippen molar-refractivity contribution in [1.29, 1.82) is 0 Å². The Morgan fingerprint density at radius 1 is 1.16 bits per heavy atom. The summed E-state index contributed by atoms with van der Waals surface area (Å²) in [5.41, 5.74) is 4.28. The maximum absolute atomic E-state index is 13.3. The van der Waals surface area contributed by atoms with Gasteiger partial charge in [-0.15, -0.1) is 5.10 Å². The molecule has 0 unspecified atom stereocenters. The third-order valence-electron chi connectivity index (χ3n) is 8.09. The molecule has 0 saturated heterocycles. The third-order valence-corrected chi connectivity index (χ3v) is 8.09. The van der Waals surface area contributed by atoms with Gasteiger partial charge in [-0.05, 0) is 55.5 Å². The van der Waals surface area contributed by atoms with Crippen LogP contribution in [0.3, 0.4) is 0 Å². The van der Waals surface area contributed by atoms with Crippen molar-refractivity contribution in [1.82, 2.24) is 25.2 Å². The number of carbonyl (C=O) groups is 2. The summed E-state index contributed by atoms with van der Waals surface area (Å²) < 4.78 is 13.2. The molecule has 43 heavy (non-hydrogen) atoms. The minimum Gasteiger partial charge on any atom is -0.506 e. The van der Waals surface area contributed by atoms with Crippen LogP contribution < -0.4 is 15.4 Å². The average Bonchev–Trinajstić information content (AvgIpc) is 3.46. The quantitative estimate of drug-likeness (QED) is 0.192. The van der Waals surface area contributed by atoms with Crippen molar-refractivity contribution in [2.24, 2.45) is 7.05 Å². The second kappa shape index (κ2) is 15.0. The molecule has 0 atom stereocenters. The predicted octanol–water partition coefficient (Wildman–Crippen LogP) is 3.46. The minimum atomic E-state index is -0.278. The van der Waals surface area contributed by atoms with Gasteiger partial charge in [0, 0.05) is 31.7 Å². The number of phenolic OH excluding ortho intramolecular Hbond substituents is 1. The molecule has 2 amide bonds. The van der Waals surface area contributed by atoms with Crippen LogP contribution in [0.1, 0.15) is 49.7 Å². The van der Waals surface area contributed by atoms with E-state index in [-0.39, 0.29) is 30.2 Å². The number of nitrogens with zero attached hydrogens (tertiary/aromatic N) is 4. The van der Waals surface area contributed by atoms with E-state index in [0.29, 0.717) is 57.1 Å². The van der Waals surface area contributed by atoms with E-state index in [2.05, 4.69) is 38.0 Å². The van der Waals surface area contributed by atoms with Crippen LogP contribution in [0.5, 0.6) is 11.5 Å². The van der Waals surface area contributed by atoms with Gasteiger partial charge in [0.25, 0.3) is 5.91 Å². The fourth-order valence-corrected chi connectivity index (χ4v) is 5.82. The summed E-state index contributed by atoms with van der Waals surface area (Å²) in [6.07, 6.45) is 9.37. The summed E-state index contributed by atoms with van der Waals surface area (Å²) in [6, 6.07) is 11.9. The monoisotopic (exact) mass is 590 g/mol. The molecule has 5 rings (SSSR count). The highest BCUT2D eigenvalue weighted by Crippen LogP contribution is 2.39. The second-order valence-electron chi connectivity index (χ2n) is 11.3. The largest absolute Gasteiger partial charge is 0.506 e. The van der Waals surface area contributed by atoms with Gasteiger partial charge in [0.15, 0.2) is 12.4 Å². The normalized spacial score (nSPS) is 15.0. The number of nitrogens with one attached hydrogen (secondary N) is 2. The number of aryl methyl sites for hydroxylation is 1. The Bertz CT molecular complexity index is 1390. The molecule has 2 aliphatic rings. The highest BCUT2D eigenvalue weighted by Gasteiger charge is 2.25. The molecule has 11 nitrogen and oxygen atoms in total. The van der Waals surface area contributed by atoms with Crippen molar-refractivity contribution < 1.29 is 24.2 Å². The van der Waals surface area contributed by atoms with E-state index in [1.807, 2.05) is 31.4 Å². The zero-order valence-electron chi connectivity index (χ0n) is 24.9. The lowest BCUT2D eigenvalue weighted by atomic mass is 9.94. The number of benzene rings is 2. The van der Waals surface area contributed by atoms with E-state index < -0.39 is 0 Å². The number of aromatic hydroxyl groups is 1. The van der Waals surface area contributed by atoms with Crippen LogP contribution in [-0.2, 0) is 34.2 Å². The number of hydrogen-bond acceptors (Lipinski definition) is 8. The second-order valence-corrected chi connectivity index (χ2v) is 11.3. The first kappa shape index (κ1) is 30.5. The van der Waals surface area contributed by atoms with Gasteiger partial charge in [-0.25, -0.2) is 0 Å². The number of anilines is 1. The first-order valence-electron chi connectivity index (χ1n) is 15.3. The van der Waals surface area contributed by atoms with Gasteiger partial charge in [0.2, 0.25) is 5.91 Å². The SMILES string of the molecule is Cn1cc(-c2cccc(CCOCCC(=O)N(CCNCCc3ccc(O)c4c3OCC(=O)N4)C3CCCCC3)c2)nn1. The Labute approximate surface area is 252 Å². The Morgan fingerprint density at radius 2 is 2.02 bits per heavy atom. The van der Waals surface area contributed by atoms with E-state index in [1.165, 1.54) is 6.42 Å². The number of amides is 2. The molecule has 3 N–H and O–H groups in total. The van der Waals surface area contributed by atoms with Crippen molar-refractivity contribution in [3.8, 4) is 22.8 Å². The van der Waals surface area contributed by atoms with Crippen LogP contribution in [0.2, 0.25) is 0 Å². The van der Waals surface area contributed by atoms with Crippen molar-refractivity contribution in [2.75, 3.05) is 44.8 Å². The fourth-order valence-electron chi connectivity index (χ4n) is 5.82. The van der Waals surface area contributed by atoms with Gasteiger partial charge >= 0.3 is 0 Å². The van der Waals surface area contributed by atoms with E-state index in [0.717, 1.165) is 54.5 Å². The standard InChI is InChI=1S/C32H42N6O5/c1-37-21-27(35-36-37)25-7-5-6-23(20-25)13-18-42-19-14-30(41)38(26-8-3-2-4-9-26)17-16-33-15-12-24-10-11-28(39)31-32(24)43-22-29(40)34-31/h5-7,10-11,20-21,26,33,39H,2-4,8-9,12-19,22H2,1H3,(H,34,40). The molecule has 11 heteroatoms. The summed E-state index contributed by atoms with van der Waals surface area (Å²) in [5, 5.41) is 24.4. The zero-order chi connectivity index (χ0) is 30.0. The van der Waals surface area contributed by atoms with Crippen molar-refractivity contribution in [2.45, 2.75) is 57.4 Å². The molecule has 1 aromatic heterocycles. The summed E-state index contributed by atoms with van der Waals surface area (Å²) >= 11 is 0. The highest BCUT2D eigenvalue weighted by molar-refractivity contribution is 5.97. The number of fused-ring (bicyclic) bond motifs is 1. The third kappa shape index (κ3) is 8.32. The number of phenols is 1. The lowest BCUT2D eigenvalue weighted by Crippen LogP contribution is -2.45. The molecule has 2 aromatic carbocycles. The molecule has 1 aliphatic carbocycles. The predicted molar refractivity (Wildman–Crippen MR) is 163 cm³/mol. The summed E-state index contributed by atoms with van der Waals surface area (Å²) in [7, 11) is 1.85. The Morgan fingerprint density at radius 3 is 2.84 bits per heavy atom. The smallest absolute Gasteiger partial charge is 0.262 e. The van der Waals surface area contributed by atoms with E-state index in [4.69, 9.17) is 9.47 Å². The Kier molecular flexibility index (Phi) is 10.6. The number of carbonyl (C=O) groups excluding carboxylic acids is 2. The number of ether oxygens (including phenoxy) is 2. The molecule has 0 spiro atoms. The molecule has 1 aliphatic heterocycles. The first-order chi connectivity index (χ1) is 21.0. The van der Waals surface area contributed by atoms with Gasteiger partial charge in [-0.2, -0.15) is 0 Å².